The molecular formula is C12H15N3O4. The molecule has 7 heteroatoms. The molecule has 0 spiro atoms. The molecule has 7 nitrogen and oxygen atoms in total. The number of aliphatic hydroxyl groups excluding tert-OH is 2. The molecule has 1 heterocycles. The summed E-state index contributed by atoms with van der Waals surface area (Å²) in [6.07, 6.45) is -2.09. The third-order valence-electron chi connectivity index (χ3n) is 2.88. The van der Waals surface area contributed by atoms with E-state index < -0.39 is 23.5 Å². The molecule has 19 heavy (non-hydrogen) atoms. The van der Waals surface area contributed by atoms with Crippen LogP contribution < -0.4 is 16.6 Å². The number of fused-ring (bicyclic) bond motifs is 1. The first-order chi connectivity index (χ1) is 9.02. The lowest BCUT2D eigenvalue weighted by Gasteiger charge is -2.17. The minimum absolute atomic E-state index is 0.223. The van der Waals surface area contributed by atoms with Gasteiger partial charge in [-0.05, 0) is 24.7 Å². The Morgan fingerprint density at radius 1 is 1.26 bits per heavy atom. The second-order valence-electron chi connectivity index (χ2n) is 4.28. The largest absolute Gasteiger partial charge is 0.389 e. The van der Waals surface area contributed by atoms with Crippen LogP contribution in [0.3, 0.4) is 0 Å². The molecule has 1 aromatic carbocycles. The van der Waals surface area contributed by atoms with Crippen molar-refractivity contribution in [2.24, 2.45) is 0 Å². The number of aromatic nitrogens is 2. The summed E-state index contributed by atoms with van der Waals surface area (Å²) in [4.78, 5) is 27.3. The van der Waals surface area contributed by atoms with Gasteiger partial charge in [0.1, 0.15) is 6.10 Å². The van der Waals surface area contributed by atoms with E-state index in [1.807, 2.05) is 0 Å². The highest BCUT2D eigenvalue weighted by molar-refractivity contribution is 5.77. The quantitative estimate of drug-likeness (QED) is 0.477. The molecule has 2 unspecified atom stereocenters. The van der Waals surface area contributed by atoms with Crippen molar-refractivity contribution in [3.05, 3.63) is 44.6 Å². The maximum absolute atomic E-state index is 11.6. The Morgan fingerprint density at radius 3 is 2.68 bits per heavy atom. The molecule has 0 aliphatic rings. The topological polar surface area (TPSA) is 118 Å². The molecule has 0 aliphatic heterocycles. The fraction of sp³-hybridized carbons (Fsp3) is 0.333. The number of H-pyrrole nitrogens is 2. The zero-order valence-electron chi connectivity index (χ0n) is 10.3. The molecule has 0 amide bonds. The number of hydrogen-bond acceptors (Lipinski definition) is 5. The minimum atomic E-state index is -1.11. The lowest BCUT2D eigenvalue weighted by molar-refractivity contribution is 0.0203. The second kappa shape index (κ2) is 5.35. The predicted molar refractivity (Wildman–Crippen MR) is 70.1 cm³/mol. The Morgan fingerprint density at radius 2 is 2.00 bits per heavy atom. The summed E-state index contributed by atoms with van der Waals surface area (Å²) in [5.41, 5.74) is -0.322. The number of likely N-dealkylation sites (N-methyl/N-ethyl adjacent to an activating group) is 1. The summed E-state index contributed by atoms with van der Waals surface area (Å²) in [5, 5.41) is 22.7. The van der Waals surface area contributed by atoms with Crippen molar-refractivity contribution in [3.63, 3.8) is 0 Å². The van der Waals surface area contributed by atoms with Gasteiger partial charge in [0.15, 0.2) is 0 Å². The van der Waals surface area contributed by atoms with Crippen molar-refractivity contribution in [3.8, 4) is 0 Å². The number of nitrogens with one attached hydrogen (secondary N) is 3. The van der Waals surface area contributed by atoms with E-state index in [-0.39, 0.29) is 11.9 Å². The van der Waals surface area contributed by atoms with Gasteiger partial charge in [0.25, 0.3) is 5.56 Å². The highest BCUT2D eigenvalue weighted by atomic mass is 16.3. The molecule has 0 fully saturated rings. The van der Waals surface area contributed by atoms with Gasteiger partial charge in [-0.3, -0.25) is 9.78 Å². The molecule has 2 atom stereocenters. The van der Waals surface area contributed by atoms with E-state index in [0.29, 0.717) is 11.1 Å². The van der Waals surface area contributed by atoms with Gasteiger partial charge >= 0.3 is 5.69 Å². The highest BCUT2D eigenvalue weighted by Gasteiger charge is 2.18. The molecule has 2 aromatic rings. The van der Waals surface area contributed by atoms with Gasteiger partial charge in [0, 0.05) is 6.54 Å². The Bertz CT molecular complexity index is 691. The van der Waals surface area contributed by atoms with Crippen molar-refractivity contribution in [2.45, 2.75) is 12.2 Å². The van der Waals surface area contributed by atoms with Crippen LogP contribution in [-0.4, -0.2) is 39.9 Å². The Kier molecular flexibility index (Phi) is 3.79. The average Bonchev–Trinajstić information content (AvgIpc) is 2.37. The van der Waals surface area contributed by atoms with Gasteiger partial charge in [-0.1, -0.05) is 6.07 Å². The number of hydrogen-bond donors (Lipinski definition) is 5. The van der Waals surface area contributed by atoms with Crippen molar-refractivity contribution in [1.29, 1.82) is 0 Å². The van der Waals surface area contributed by atoms with E-state index in [2.05, 4.69) is 15.3 Å². The van der Waals surface area contributed by atoms with Crippen LogP contribution in [0.4, 0.5) is 0 Å². The zero-order valence-corrected chi connectivity index (χ0v) is 10.3. The van der Waals surface area contributed by atoms with Crippen LogP contribution >= 0.6 is 0 Å². The van der Waals surface area contributed by atoms with Gasteiger partial charge in [-0.15, -0.1) is 0 Å². The van der Waals surface area contributed by atoms with Gasteiger partial charge in [0.05, 0.1) is 17.0 Å². The first kappa shape index (κ1) is 13.5. The summed E-state index contributed by atoms with van der Waals surface area (Å²) in [6.45, 7) is 0.223. The van der Waals surface area contributed by atoms with Crippen LogP contribution in [0, 0.1) is 0 Å². The SMILES string of the molecule is CNCC(O)C(O)c1ccc2[nH]c(=O)[nH]c(=O)c2c1. The van der Waals surface area contributed by atoms with Gasteiger partial charge < -0.3 is 20.5 Å². The third-order valence-corrected chi connectivity index (χ3v) is 2.88. The normalized spacial score (nSPS) is 14.5. The first-order valence-electron chi connectivity index (χ1n) is 5.80. The maximum Gasteiger partial charge on any atom is 0.326 e. The lowest BCUT2D eigenvalue weighted by atomic mass is 10.0. The van der Waals surface area contributed by atoms with Crippen molar-refractivity contribution in [2.75, 3.05) is 13.6 Å². The van der Waals surface area contributed by atoms with Crippen molar-refractivity contribution >= 4 is 10.9 Å². The van der Waals surface area contributed by atoms with E-state index in [1.165, 1.54) is 12.1 Å². The molecule has 0 aliphatic carbocycles. The second-order valence-corrected chi connectivity index (χ2v) is 4.28. The summed E-state index contributed by atoms with van der Waals surface area (Å²) >= 11 is 0. The van der Waals surface area contributed by atoms with Gasteiger partial charge in [-0.2, -0.15) is 0 Å². The molecule has 0 radical (unpaired) electrons. The molecular weight excluding hydrogens is 250 g/mol. The molecule has 0 saturated carbocycles. The number of aliphatic hydroxyl groups is 2. The molecule has 102 valence electrons. The maximum atomic E-state index is 11.6. The van der Waals surface area contributed by atoms with E-state index in [4.69, 9.17) is 0 Å². The Labute approximate surface area is 107 Å². The van der Waals surface area contributed by atoms with E-state index >= 15 is 0 Å². The summed E-state index contributed by atoms with van der Waals surface area (Å²) in [6, 6.07) is 4.53. The smallest absolute Gasteiger partial charge is 0.326 e. The molecule has 0 bridgehead atoms. The van der Waals surface area contributed by atoms with Gasteiger partial charge in [0.2, 0.25) is 0 Å². The van der Waals surface area contributed by atoms with E-state index in [0.717, 1.165) is 0 Å². The fourth-order valence-corrected chi connectivity index (χ4v) is 1.91. The molecule has 0 saturated heterocycles. The highest BCUT2D eigenvalue weighted by Crippen LogP contribution is 2.19. The number of benzene rings is 1. The Balaban J connectivity index is 2.47. The number of rotatable bonds is 4. The molecule has 5 N–H and O–H groups in total. The first-order valence-corrected chi connectivity index (χ1v) is 5.80. The predicted octanol–water partition coefficient (Wildman–Crippen LogP) is -1.17. The summed E-state index contributed by atoms with van der Waals surface area (Å²) in [7, 11) is 1.66. The van der Waals surface area contributed by atoms with Crippen LogP contribution in [-0.2, 0) is 0 Å². The monoisotopic (exact) mass is 265 g/mol. The summed E-state index contributed by atoms with van der Waals surface area (Å²) < 4.78 is 0. The number of aromatic amines is 2. The van der Waals surface area contributed by atoms with Crippen LogP contribution in [0.1, 0.15) is 11.7 Å². The Hall–Kier alpha value is -1.96. The summed E-state index contributed by atoms with van der Waals surface area (Å²) in [5.74, 6) is 0. The van der Waals surface area contributed by atoms with Crippen LogP contribution in [0.2, 0.25) is 0 Å². The molecule has 2 rings (SSSR count). The van der Waals surface area contributed by atoms with Crippen LogP contribution in [0.25, 0.3) is 10.9 Å². The van der Waals surface area contributed by atoms with Crippen molar-refractivity contribution < 1.29 is 10.2 Å². The standard InChI is InChI=1S/C12H15N3O4/c1-13-5-9(16)10(17)6-2-3-8-7(4-6)11(18)15-12(19)14-8/h2-4,9-10,13,16-17H,5H2,1H3,(H2,14,15,18,19). The molecule has 1 aromatic heterocycles. The van der Waals surface area contributed by atoms with Crippen molar-refractivity contribution in [1.82, 2.24) is 15.3 Å². The fourth-order valence-electron chi connectivity index (χ4n) is 1.91. The van der Waals surface area contributed by atoms with E-state index in [9.17, 15) is 19.8 Å². The third kappa shape index (κ3) is 2.73. The minimum Gasteiger partial charge on any atom is -0.389 e. The zero-order chi connectivity index (χ0) is 14.0. The lowest BCUT2D eigenvalue weighted by Crippen LogP contribution is -2.29. The van der Waals surface area contributed by atoms with E-state index in [1.54, 1.807) is 13.1 Å². The van der Waals surface area contributed by atoms with Crippen LogP contribution in [0.15, 0.2) is 27.8 Å². The van der Waals surface area contributed by atoms with Gasteiger partial charge in [-0.25, -0.2) is 4.79 Å². The van der Waals surface area contributed by atoms with Crippen LogP contribution in [0.5, 0.6) is 0 Å². The average molecular weight is 265 g/mol.